The van der Waals surface area contributed by atoms with E-state index in [-0.39, 0.29) is 18.6 Å². The lowest BCUT2D eigenvalue weighted by Gasteiger charge is -2.16. The molecule has 5 heteroatoms. The number of likely N-dealkylation sites (tertiary alicyclic amines) is 1. The molecule has 2 atom stereocenters. The van der Waals surface area contributed by atoms with Crippen LogP contribution >= 0.6 is 0 Å². The Hall–Kier alpha value is -0.650. The highest BCUT2D eigenvalue weighted by Crippen LogP contribution is 2.16. The van der Waals surface area contributed by atoms with Gasteiger partial charge in [-0.05, 0) is 6.92 Å². The molecule has 1 heterocycles. The van der Waals surface area contributed by atoms with E-state index in [2.05, 4.69) is 4.90 Å². The van der Waals surface area contributed by atoms with Crippen molar-refractivity contribution in [2.45, 2.75) is 25.6 Å². The van der Waals surface area contributed by atoms with Gasteiger partial charge in [0.25, 0.3) is 0 Å². The number of nitrogens with zero attached hydrogens (tertiary/aromatic N) is 1. The second-order valence-electron chi connectivity index (χ2n) is 3.67. The lowest BCUT2D eigenvalue weighted by atomic mass is 10.2. The van der Waals surface area contributed by atoms with Crippen molar-refractivity contribution >= 4 is 5.97 Å². The molecule has 0 aromatic carbocycles. The Balaban J connectivity index is 2.35. The average molecular weight is 217 g/mol. The van der Waals surface area contributed by atoms with Crippen LogP contribution < -0.4 is 0 Å². The summed E-state index contributed by atoms with van der Waals surface area (Å²) in [6.07, 6.45) is 0.322. The maximum absolute atomic E-state index is 10.4. The summed E-state index contributed by atoms with van der Waals surface area (Å²) in [6.45, 7) is 4.71. The van der Waals surface area contributed by atoms with Crippen LogP contribution in [0.15, 0.2) is 0 Å². The van der Waals surface area contributed by atoms with E-state index < -0.39 is 5.97 Å². The number of rotatable bonds is 6. The van der Waals surface area contributed by atoms with Crippen molar-refractivity contribution in [3.05, 3.63) is 0 Å². The Morgan fingerprint density at radius 3 is 2.67 bits per heavy atom. The first-order valence-electron chi connectivity index (χ1n) is 5.26. The molecule has 1 saturated heterocycles. The smallest absolute Gasteiger partial charge is 0.304 e. The molecule has 5 nitrogen and oxygen atoms in total. The van der Waals surface area contributed by atoms with Gasteiger partial charge in [0.1, 0.15) is 0 Å². The number of methoxy groups -OCH3 is 1. The summed E-state index contributed by atoms with van der Waals surface area (Å²) < 4.78 is 10.8. The van der Waals surface area contributed by atoms with Crippen LogP contribution in [0.3, 0.4) is 0 Å². The molecule has 0 saturated carbocycles. The predicted octanol–water partition coefficient (Wildman–Crippen LogP) is 0.197. The first kappa shape index (κ1) is 12.4. The molecule has 0 aliphatic carbocycles. The van der Waals surface area contributed by atoms with Crippen LogP contribution in [0.4, 0.5) is 0 Å². The highest BCUT2D eigenvalue weighted by Gasteiger charge is 2.33. The van der Waals surface area contributed by atoms with Crippen molar-refractivity contribution in [3.8, 4) is 0 Å². The molecule has 0 unspecified atom stereocenters. The molecule has 1 rings (SSSR count). The van der Waals surface area contributed by atoms with Gasteiger partial charge < -0.3 is 14.6 Å². The van der Waals surface area contributed by atoms with E-state index in [1.165, 1.54) is 0 Å². The second kappa shape index (κ2) is 6.05. The van der Waals surface area contributed by atoms with Gasteiger partial charge >= 0.3 is 5.97 Å². The third-order valence-electron chi connectivity index (χ3n) is 2.62. The lowest BCUT2D eigenvalue weighted by Crippen LogP contribution is -2.28. The maximum atomic E-state index is 10.4. The molecule has 15 heavy (non-hydrogen) atoms. The maximum Gasteiger partial charge on any atom is 0.304 e. The van der Waals surface area contributed by atoms with Gasteiger partial charge in [-0.3, -0.25) is 9.69 Å². The van der Waals surface area contributed by atoms with Gasteiger partial charge in [0.05, 0.1) is 18.6 Å². The molecular weight excluding hydrogens is 198 g/mol. The number of ether oxygens (including phenoxy) is 2. The van der Waals surface area contributed by atoms with Crippen molar-refractivity contribution in [3.63, 3.8) is 0 Å². The van der Waals surface area contributed by atoms with E-state index in [1.54, 1.807) is 7.11 Å². The Bertz CT molecular complexity index is 210. The van der Waals surface area contributed by atoms with E-state index in [1.807, 2.05) is 6.92 Å². The zero-order valence-electron chi connectivity index (χ0n) is 9.31. The molecule has 1 aliphatic heterocycles. The second-order valence-corrected chi connectivity index (χ2v) is 3.67. The van der Waals surface area contributed by atoms with Crippen LogP contribution in [-0.2, 0) is 14.3 Å². The average Bonchev–Trinajstić information content (AvgIpc) is 2.58. The van der Waals surface area contributed by atoms with Gasteiger partial charge in [-0.25, -0.2) is 0 Å². The third-order valence-corrected chi connectivity index (χ3v) is 2.62. The van der Waals surface area contributed by atoms with Crippen LogP contribution in [0.1, 0.15) is 13.3 Å². The Kier molecular flexibility index (Phi) is 5.01. The fourth-order valence-electron chi connectivity index (χ4n) is 1.86. The molecule has 0 aromatic rings. The molecule has 1 N–H and O–H groups in total. The normalized spacial score (nSPS) is 27.1. The standard InChI is InChI=1S/C10H19NO4/c1-3-15-9-7-11(5-4-10(12)13)6-8(9)14-2/h8-9H,3-7H2,1-2H3,(H,12,13)/t8-,9-/m1/s1. The van der Waals surface area contributed by atoms with Crippen molar-refractivity contribution < 1.29 is 19.4 Å². The number of aliphatic carboxylic acids is 1. The summed E-state index contributed by atoms with van der Waals surface area (Å²) in [6, 6.07) is 0. The zero-order valence-corrected chi connectivity index (χ0v) is 9.31. The van der Waals surface area contributed by atoms with E-state index in [0.717, 1.165) is 13.1 Å². The lowest BCUT2D eigenvalue weighted by molar-refractivity contribution is -0.137. The summed E-state index contributed by atoms with van der Waals surface area (Å²) in [7, 11) is 1.66. The largest absolute Gasteiger partial charge is 0.481 e. The van der Waals surface area contributed by atoms with Gasteiger partial charge in [0.2, 0.25) is 0 Å². The Labute approximate surface area is 90.0 Å². The number of carboxylic acids is 1. The molecule has 1 aliphatic rings. The molecule has 1 fully saturated rings. The fraction of sp³-hybridized carbons (Fsp3) is 0.900. The Morgan fingerprint density at radius 2 is 2.13 bits per heavy atom. The van der Waals surface area contributed by atoms with Crippen molar-refractivity contribution in [2.75, 3.05) is 33.4 Å². The first-order valence-corrected chi connectivity index (χ1v) is 5.26. The summed E-state index contributed by atoms with van der Waals surface area (Å²) in [5, 5.41) is 8.58. The molecule has 88 valence electrons. The van der Waals surface area contributed by atoms with Gasteiger partial charge in [0.15, 0.2) is 0 Å². The van der Waals surface area contributed by atoms with Crippen molar-refractivity contribution in [2.24, 2.45) is 0 Å². The number of hydrogen-bond acceptors (Lipinski definition) is 4. The summed E-state index contributed by atoms with van der Waals surface area (Å²) in [5.74, 6) is -0.760. The van der Waals surface area contributed by atoms with Crippen molar-refractivity contribution in [1.82, 2.24) is 4.90 Å². The van der Waals surface area contributed by atoms with Gasteiger partial charge in [-0.1, -0.05) is 0 Å². The van der Waals surface area contributed by atoms with Crippen LogP contribution in [0, 0.1) is 0 Å². The molecule has 0 amide bonds. The number of carbonyl (C=O) groups is 1. The third kappa shape index (κ3) is 3.77. The quantitative estimate of drug-likeness (QED) is 0.688. The summed E-state index contributed by atoms with van der Waals surface area (Å²) in [5.41, 5.74) is 0. The van der Waals surface area contributed by atoms with E-state index in [4.69, 9.17) is 14.6 Å². The van der Waals surface area contributed by atoms with Crippen LogP contribution in [0.25, 0.3) is 0 Å². The highest BCUT2D eigenvalue weighted by molar-refractivity contribution is 5.66. The number of carboxylic acid groups (broad SMARTS) is 1. The van der Waals surface area contributed by atoms with Crippen LogP contribution in [-0.4, -0.2) is 61.5 Å². The van der Waals surface area contributed by atoms with Crippen LogP contribution in [0.5, 0.6) is 0 Å². The molecule has 0 radical (unpaired) electrons. The predicted molar refractivity (Wildman–Crippen MR) is 54.9 cm³/mol. The minimum atomic E-state index is -0.760. The monoisotopic (exact) mass is 217 g/mol. The van der Waals surface area contributed by atoms with Crippen molar-refractivity contribution in [1.29, 1.82) is 0 Å². The molecule has 0 aromatic heterocycles. The number of hydrogen-bond donors (Lipinski definition) is 1. The summed E-state index contributed by atoms with van der Waals surface area (Å²) in [4.78, 5) is 12.5. The summed E-state index contributed by atoms with van der Waals surface area (Å²) >= 11 is 0. The first-order chi connectivity index (χ1) is 7.17. The topological polar surface area (TPSA) is 59.0 Å². The van der Waals surface area contributed by atoms with Crippen LogP contribution in [0.2, 0.25) is 0 Å². The molecule has 0 spiro atoms. The van der Waals surface area contributed by atoms with Gasteiger partial charge in [-0.2, -0.15) is 0 Å². The minimum Gasteiger partial charge on any atom is -0.481 e. The van der Waals surface area contributed by atoms with E-state index in [9.17, 15) is 4.79 Å². The minimum absolute atomic E-state index is 0.0683. The zero-order chi connectivity index (χ0) is 11.3. The molecular formula is C10H19NO4. The van der Waals surface area contributed by atoms with Gasteiger partial charge in [-0.15, -0.1) is 0 Å². The van der Waals surface area contributed by atoms with E-state index >= 15 is 0 Å². The molecule has 0 bridgehead atoms. The van der Waals surface area contributed by atoms with Gasteiger partial charge in [0, 0.05) is 33.4 Å². The van der Waals surface area contributed by atoms with E-state index in [0.29, 0.717) is 13.2 Å². The SMILES string of the molecule is CCO[C@@H]1CN(CCC(=O)O)C[C@H]1OC. The highest BCUT2D eigenvalue weighted by atomic mass is 16.5. The Morgan fingerprint density at radius 1 is 1.47 bits per heavy atom. The fourth-order valence-corrected chi connectivity index (χ4v) is 1.86.